The fourth-order valence-electron chi connectivity index (χ4n) is 4.13. The number of ether oxygens (including phenoxy) is 1. The summed E-state index contributed by atoms with van der Waals surface area (Å²) < 4.78 is 52.9. The third-order valence-corrected chi connectivity index (χ3v) is 9.49. The number of rotatable bonds is 11. The zero-order valence-electron chi connectivity index (χ0n) is 20.3. The summed E-state index contributed by atoms with van der Waals surface area (Å²) in [7, 11) is -16.8. The summed E-state index contributed by atoms with van der Waals surface area (Å²) in [6.45, 7) is -0.906. The second-order valence-electron chi connectivity index (χ2n) is 8.67. The number of hydrogen-bond donors (Lipinski definition) is 8. The van der Waals surface area contributed by atoms with Crippen LogP contribution >= 0.6 is 23.5 Å². The summed E-state index contributed by atoms with van der Waals surface area (Å²) in [6, 6.07) is 5.67. The van der Waals surface area contributed by atoms with E-state index in [0.717, 1.165) is 0 Å². The number of nitro groups is 1. The van der Waals surface area contributed by atoms with Gasteiger partial charge in [-0.15, -0.1) is 0 Å². The van der Waals surface area contributed by atoms with E-state index in [9.17, 15) is 43.8 Å². The number of nitrogens with one attached hydrogen (secondary N) is 1. The number of nitrogens with two attached hydrogens (primary N) is 1. The van der Waals surface area contributed by atoms with E-state index >= 15 is 0 Å². The number of anilines is 1. The van der Waals surface area contributed by atoms with E-state index in [1.807, 2.05) is 0 Å². The lowest BCUT2D eigenvalue weighted by Crippen LogP contribution is -2.39. The number of fused-ring (bicyclic) bond motifs is 1. The minimum atomic E-state index is -5.74. The molecule has 0 saturated carbocycles. The van der Waals surface area contributed by atoms with Gasteiger partial charge in [0.15, 0.2) is 5.96 Å². The molecule has 6 atom stereocenters. The summed E-state index contributed by atoms with van der Waals surface area (Å²) in [5.41, 5.74) is 3.50. The highest BCUT2D eigenvalue weighted by molar-refractivity contribution is 7.66. The molecule has 2 aliphatic heterocycles. The summed E-state index contributed by atoms with van der Waals surface area (Å²) in [5.74, 6) is -0.215. The lowest BCUT2D eigenvalue weighted by molar-refractivity contribution is -0.385. The molecule has 2 aromatic rings. The van der Waals surface area contributed by atoms with Gasteiger partial charge in [-0.3, -0.25) is 19.2 Å². The molecule has 2 aliphatic rings. The summed E-state index contributed by atoms with van der Waals surface area (Å²) in [5, 5.41) is 35.9. The molecular weight excluding hydrogens is 621 g/mol. The Labute approximate surface area is 228 Å². The van der Waals surface area contributed by atoms with E-state index in [2.05, 4.69) is 28.4 Å². The fourth-order valence-corrected chi connectivity index (χ4v) is 7.16. The number of para-hydroxylation sites is 1. The molecule has 3 heterocycles. The summed E-state index contributed by atoms with van der Waals surface area (Å²) >= 11 is 0. The predicted molar refractivity (Wildman–Crippen MR) is 133 cm³/mol. The number of benzene rings is 1. The Morgan fingerprint density at radius 3 is 2.54 bits per heavy atom. The molecule has 3 unspecified atom stereocenters. The lowest BCUT2D eigenvalue weighted by atomic mass is 9.97. The third kappa shape index (κ3) is 7.43. The van der Waals surface area contributed by atoms with Gasteiger partial charge in [-0.2, -0.15) is 8.62 Å². The van der Waals surface area contributed by atoms with Crippen molar-refractivity contribution in [2.24, 2.45) is 10.7 Å². The van der Waals surface area contributed by atoms with Gasteiger partial charge in [-0.25, -0.2) is 23.7 Å². The second-order valence-corrected chi connectivity index (χ2v) is 13.1. The molecule has 21 nitrogen and oxygen atoms in total. The first-order valence-corrected chi connectivity index (χ1v) is 15.7. The molecule has 9 N–H and O–H groups in total. The molecule has 1 aromatic heterocycles. The Morgan fingerprint density at radius 2 is 1.88 bits per heavy atom. The maximum Gasteiger partial charge on any atom is 0.490 e. The predicted octanol–water partition coefficient (Wildman–Crippen LogP) is -0.0890. The van der Waals surface area contributed by atoms with Crippen LogP contribution in [0.25, 0.3) is 0 Å². The van der Waals surface area contributed by atoms with Crippen LogP contribution in [0, 0.1) is 10.1 Å². The van der Waals surface area contributed by atoms with Crippen molar-refractivity contribution in [3.05, 3.63) is 52.0 Å². The molecule has 41 heavy (non-hydrogen) atoms. The first-order chi connectivity index (χ1) is 18.9. The van der Waals surface area contributed by atoms with Crippen molar-refractivity contribution in [1.82, 2.24) is 9.55 Å². The van der Waals surface area contributed by atoms with Gasteiger partial charge in [0.1, 0.15) is 23.8 Å². The van der Waals surface area contributed by atoms with Gasteiger partial charge in [0.05, 0.1) is 24.0 Å². The second kappa shape index (κ2) is 11.2. The zero-order chi connectivity index (χ0) is 30.4. The largest absolute Gasteiger partial charge is 0.490 e. The highest BCUT2D eigenvalue weighted by atomic mass is 31.3. The number of aliphatic hydroxyl groups excluding tert-OH is 1. The zero-order valence-corrected chi connectivity index (χ0v) is 23.0. The van der Waals surface area contributed by atoms with Crippen LogP contribution in [0.1, 0.15) is 23.9 Å². The van der Waals surface area contributed by atoms with Crippen LogP contribution in [0.4, 0.5) is 11.5 Å². The van der Waals surface area contributed by atoms with E-state index in [0.29, 0.717) is 0 Å². The maximum atomic E-state index is 12.0. The van der Waals surface area contributed by atoms with Crippen molar-refractivity contribution in [1.29, 1.82) is 0 Å². The molecule has 226 valence electrons. The SMILES string of the molecule is NC1=NC(O)(Cc2ccccc2[N+](=O)[O-])c2ncn([C@H]3C[C@H](O)[C@@H](COP(=O)(O)OP(=O)(O)OP(=O)(O)O)O3)c2N1. The van der Waals surface area contributed by atoms with Crippen LogP contribution in [-0.2, 0) is 43.7 Å². The van der Waals surface area contributed by atoms with Crippen molar-refractivity contribution < 1.29 is 66.3 Å². The molecule has 0 bridgehead atoms. The Hall–Kier alpha value is -2.61. The minimum Gasteiger partial charge on any atom is -0.390 e. The number of aromatic nitrogens is 2. The van der Waals surface area contributed by atoms with Crippen LogP contribution in [0.5, 0.6) is 0 Å². The quantitative estimate of drug-likeness (QED) is 0.0900. The fraction of sp³-hybridized carbons (Fsp3) is 0.412. The van der Waals surface area contributed by atoms with Crippen molar-refractivity contribution in [2.75, 3.05) is 11.9 Å². The van der Waals surface area contributed by atoms with Crippen LogP contribution in [-0.4, -0.2) is 69.0 Å². The Bertz CT molecular complexity index is 1510. The van der Waals surface area contributed by atoms with E-state index in [1.165, 1.54) is 35.2 Å². The van der Waals surface area contributed by atoms with Crippen LogP contribution in [0.3, 0.4) is 0 Å². The smallest absolute Gasteiger partial charge is 0.390 e. The van der Waals surface area contributed by atoms with E-state index < -0.39 is 59.2 Å². The summed E-state index contributed by atoms with van der Waals surface area (Å²) in [6.07, 6.45) is -3.11. The number of phosphoric acid groups is 3. The standard InChI is InChI=1S/C17H23N6O15P3/c18-16-20-15-14(17(25,21-16)6-9-3-1-2-4-10(9)23(26)27)19-8-22(15)13-5-11(24)12(36-13)7-35-40(31,32)38-41(33,34)37-39(28,29)30/h1-4,8,11-13,24-25H,5-7H2,(H,31,32)(H,33,34)(H3,18,20,21)(H2,28,29,30)/t11-,12+,13+,17?/m0/s1. The van der Waals surface area contributed by atoms with E-state index in [4.69, 9.17) is 20.3 Å². The maximum absolute atomic E-state index is 12.0. The molecule has 0 radical (unpaired) electrons. The van der Waals surface area contributed by atoms with Crippen LogP contribution < -0.4 is 11.1 Å². The highest BCUT2D eigenvalue weighted by Gasteiger charge is 2.45. The average Bonchev–Trinajstić information content (AvgIpc) is 3.39. The van der Waals surface area contributed by atoms with Gasteiger partial charge >= 0.3 is 23.5 Å². The Balaban J connectivity index is 1.49. The van der Waals surface area contributed by atoms with Gasteiger partial charge in [0.25, 0.3) is 5.69 Å². The monoisotopic (exact) mass is 644 g/mol. The third-order valence-electron chi connectivity index (χ3n) is 5.68. The Kier molecular flexibility index (Phi) is 8.58. The molecular formula is C17H23N6O15P3. The molecule has 1 fully saturated rings. The van der Waals surface area contributed by atoms with Crippen molar-refractivity contribution in [3.63, 3.8) is 0 Å². The number of aliphatic hydroxyl groups is 2. The molecule has 24 heteroatoms. The van der Waals surface area contributed by atoms with Gasteiger partial charge < -0.3 is 45.6 Å². The molecule has 4 rings (SSSR count). The van der Waals surface area contributed by atoms with E-state index in [1.54, 1.807) is 0 Å². The van der Waals surface area contributed by atoms with Gasteiger partial charge in [-0.1, -0.05) is 18.2 Å². The van der Waals surface area contributed by atoms with Gasteiger partial charge in [-0.05, 0) is 0 Å². The average molecular weight is 644 g/mol. The minimum absolute atomic E-state index is 0.0596. The number of aliphatic imine (C=N–C) groups is 1. The molecule has 0 aliphatic carbocycles. The van der Waals surface area contributed by atoms with Crippen molar-refractivity contribution in [3.8, 4) is 0 Å². The lowest BCUT2D eigenvalue weighted by Gasteiger charge is -2.29. The number of hydrogen-bond acceptors (Lipinski definition) is 15. The normalized spacial score (nSPS) is 27.3. The molecule has 1 saturated heterocycles. The van der Waals surface area contributed by atoms with Crippen LogP contribution in [0.15, 0.2) is 35.6 Å². The number of nitrogens with zero attached hydrogens (tertiary/aromatic N) is 4. The first kappa shape index (κ1) is 31.3. The number of phosphoric ester groups is 1. The summed E-state index contributed by atoms with van der Waals surface area (Å²) in [4.78, 5) is 55.0. The van der Waals surface area contributed by atoms with E-state index in [-0.39, 0.29) is 41.6 Å². The number of imidazole rings is 1. The van der Waals surface area contributed by atoms with Gasteiger partial charge in [0, 0.05) is 24.5 Å². The number of nitro benzene ring substituents is 1. The molecule has 1 aromatic carbocycles. The van der Waals surface area contributed by atoms with Gasteiger partial charge in [0.2, 0.25) is 5.72 Å². The van der Waals surface area contributed by atoms with Crippen molar-refractivity contribution in [2.45, 2.75) is 37.0 Å². The van der Waals surface area contributed by atoms with Crippen LogP contribution in [0.2, 0.25) is 0 Å². The number of guanidine groups is 1. The molecule has 0 amide bonds. The first-order valence-electron chi connectivity index (χ1n) is 11.1. The Morgan fingerprint density at radius 1 is 1.20 bits per heavy atom. The van der Waals surface area contributed by atoms with Crippen molar-refractivity contribution >= 4 is 40.9 Å². The molecule has 0 spiro atoms. The highest BCUT2D eigenvalue weighted by Crippen LogP contribution is 2.66. The topological polar surface area (TPSA) is 321 Å².